The number of nitrogens with two attached hydrogens (primary N) is 1. The van der Waals surface area contributed by atoms with E-state index < -0.39 is 11.6 Å². The quantitative estimate of drug-likeness (QED) is 0.770. The molecule has 0 atom stereocenters. The fourth-order valence-electron chi connectivity index (χ4n) is 4.40. The van der Waals surface area contributed by atoms with Crippen molar-refractivity contribution >= 4 is 11.7 Å². The molecule has 0 aromatic heterocycles. The molecule has 0 radical (unpaired) electrons. The summed E-state index contributed by atoms with van der Waals surface area (Å²) in [6, 6.07) is 3.40. The fraction of sp³-hybridized carbons (Fsp3) is 0.619. The molecule has 0 unspecified atom stereocenters. The molecule has 1 saturated heterocycles. The SMILES string of the molecule is NC(=O)C1CCC(CCN2CCC(C(=O)c3ccc(F)c(F)c3)CC2)CC1. The summed E-state index contributed by atoms with van der Waals surface area (Å²) in [5.41, 5.74) is 5.65. The summed E-state index contributed by atoms with van der Waals surface area (Å²) in [5, 5.41) is 0. The summed E-state index contributed by atoms with van der Waals surface area (Å²) in [6.07, 6.45) is 6.58. The highest BCUT2D eigenvalue weighted by atomic mass is 19.2. The van der Waals surface area contributed by atoms with Gasteiger partial charge in [-0.15, -0.1) is 0 Å². The third-order valence-electron chi connectivity index (χ3n) is 6.27. The zero-order chi connectivity index (χ0) is 19.4. The van der Waals surface area contributed by atoms with E-state index in [1.165, 1.54) is 6.07 Å². The van der Waals surface area contributed by atoms with Crippen LogP contribution in [0.5, 0.6) is 0 Å². The first-order valence-electron chi connectivity index (χ1n) is 9.95. The molecule has 1 aromatic rings. The van der Waals surface area contributed by atoms with Crippen molar-refractivity contribution in [2.24, 2.45) is 23.5 Å². The summed E-state index contributed by atoms with van der Waals surface area (Å²) in [7, 11) is 0. The number of nitrogens with zero attached hydrogens (tertiary/aromatic N) is 1. The third kappa shape index (κ3) is 5.12. The van der Waals surface area contributed by atoms with Crippen molar-refractivity contribution in [2.75, 3.05) is 19.6 Å². The minimum Gasteiger partial charge on any atom is -0.369 e. The summed E-state index contributed by atoms with van der Waals surface area (Å²) < 4.78 is 26.4. The number of piperidine rings is 1. The van der Waals surface area contributed by atoms with Gasteiger partial charge in [0, 0.05) is 17.4 Å². The minimum atomic E-state index is -0.968. The van der Waals surface area contributed by atoms with Gasteiger partial charge >= 0.3 is 0 Å². The van der Waals surface area contributed by atoms with Gasteiger partial charge in [-0.3, -0.25) is 9.59 Å². The molecule has 1 amide bonds. The Labute approximate surface area is 159 Å². The second kappa shape index (κ2) is 8.91. The predicted molar refractivity (Wildman–Crippen MR) is 99.1 cm³/mol. The number of Topliss-reactive ketones (excluding diaryl/α,β-unsaturated/α-hetero) is 1. The molecule has 2 aliphatic rings. The molecule has 2 N–H and O–H groups in total. The maximum absolute atomic E-state index is 13.4. The maximum Gasteiger partial charge on any atom is 0.220 e. The van der Waals surface area contributed by atoms with E-state index in [9.17, 15) is 18.4 Å². The van der Waals surface area contributed by atoms with Crippen LogP contribution in [-0.2, 0) is 4.79 Å². The summed E-state index contributed by atoms with van der Waals surface area (Å²) >= 11 is 0. The van der Waals surface area contributed by atoms with E-state index in [4.69, 9.17) is 5.73 Å². The lowest BCUT2D eigenvalue weighted by atomic mass is 9.80. The van der Waals surface area contributed by atoms with Crippen LogP contribution in [0.2, 0.25) is 0 Å². The Hall–Kier alpha value is -1.82. The van der Waals surface area contributed by atoms with Gasteiger partial charge in [-0.05, 0) is 88.7 Å². The van der Waals surface area contributed by atoms with E-state index in [-0.39, 0.29) is 29.1 Å². The van der Waals surface area contributed by atoms with Gasteiger partial charge in [-0.1, -0.05) is 0 Å². The van der Waals surface area contributed by atoms with Crippen molar-refractivity contribution in [3.63, 3.8) is 0 Å². The number of likely N-dealkylation sites (tertiary alicyclic amines) is 1. The maximum atomic E-state index is 13.4. The van der Waals surface area contributed by atoms with Gasteiger partial charge in [-0.2, -0.15) is 0 Å². The molecule has 6 heteroatoms. The molecule has 27 heavy (non-hydrogen) atoms. The van der Waals surface area contributed by atoms with Crippen LogP contribution in [0, 0.1) is 29.4 Å². The van der Waals surface area contributed by atoms with Crippen molar-refractivity contribution in [1.82, 2.24) is 4.90 Å². The number of ketones is 1. The smallest absolute Gasteiger partial charge is 0.220 e. The molecular weight excluding hydrogens is 350 g/mol. The van der Waals surface area contributed by atoms with Crippen LogP contribution in [0.3, 0.4) is 0 Å². The van der Waals surface area contributed by atoms with Crippen molar-refractivity contribution in [3.05, 3.63) is 35.4 Å². The van der Waals surface area contributed by atoms with Crippen molar-refractivity contribution in [3.8, 4) is 0 Å². The van der Waals surface area contributed by atoms with Crippen LogP contribution in [0.15, 0.2) is 18.2 Å². The second-order valence-electron chi connectivity index (χ2n) is 8.02. The van der Waals surface area contributed by atoms with E-state index in [2.05, 4.69) is 4.90 Å². The van der Waals surface area contributed by atoms with Gasteiger partial charge in [0.2, 0.25) is 5.91 Å². The molecule has 2 fully saturated rings. The zero-order valence-corrected chi connectivity index (χ0v) is 15.6. The number of rotatable bonds is 6. The van der Waals surface area contributed by atoms with Crippen LogP contribution in [0.4, 0.5) is 8.78 Å². The van der Waals surface area contributed by atoms with Crippen LogP contribution in [0.25, 0.3) is 0 Å². The predicted octanol–water partition coefficient (Wildman–Crippen LogP) is 3.54. The lowest BCUT2D eigenvalue weighted by Gasteiger charge is -2.33. The average molecular weight is 378 g/mol. The molecule has 1 saturated carbocycles. The lowest BCUT2D eigenvalue weighted by molar-refractivity contribution is -0.123. The molecule has 1 aliphatic heterocycles. The standard InChI is InChI=1S/C21H28F2N2O2/c22-18-6-5-17(13-19(18)23)20(26)15-8-11-25(12-9-15)10-7-14-1-3-16(4-2-14)21(24)27/h5-6,13-16H,1-4,7-12H2,(H2,24,27). The molecule has 0 spiro atoms. The Balaban J connectivity index is 1.40. The number of primary amides is 1. The van der Waals surface area contributed by atoms with Gasteiger partial charge in [0.05, 0.1) is 0 Å². The molecule has 3 rings (SSSR count). The van der Waals surface area contributed by atoms with Gasteiger partial charge < -0.3 is 10.6 Å². The van der Waals surface area contributed by atoms with Crippen molar-refractivity contribution in [1.29, 1.82) is 0 Å². The van der Waals surface area contributed by atoms with Crippen LogP contribution < -0.4 is 5.73 Å². The summed E-state index contributed by atoms with van der Waals surface area (Å²) in [5.74, 6) is -1.55. The topological polar surface area (TPSA) is 63.4 Å². The van der Waals surface area contributed by atoms with E-state index >= 15 is 0 Å². The zero-order valence-electron chi connectivity index (χ0n) is 15.6. The first-order valence-corrected chi connectivity index (χ1v) is 9.95. The van der Waals surface area contributed by atoms with E-state index in [0.717, 1.165) is 76.7 Å². The molecule has 1 aliphatic carbocycles. The summed E-state index contributed by atoms with van der Waals surface area (Å²) in [4.78, 5) is 26.1. The number of halogens is 2. The van der Waals surface area contributed by atoms with Crippen molar-refractivity contribution in [2.45, 2.75) is 44.9 Å². The number of carbonyl (C=O) groups is 2. The Morgan fingerprint density at radius 1 is 0.963 bits per heavy atom. The highest BCUT2D eigenvalue weighted by Crippen LogP contribution is 2.31. The van der Waals surface area contributed by atoms with Gasteiger partial charge in [-0.25, -0.2) is 8.78 Å². The monoisotopic (exact) mass is 378 g/mol. The largest absolute Gasteiger partial charge is 0.369 e. The van der Waals surface area contributed by atoms with Crippen LogP contribution in [0.1, 0.15) is 55.3 Å². The normalized spacial score (nSPS) is 24.7. The number of hydrogen-bond acceptors (Lipinski definition) is 3. The molecule has 1 heterocycles. The van der Waals surface area contributed by atoms with Crippen molar-refractivity contribution < 1.29 is 18.4 Å². The Kier molecular flexibility index (Phi) is 6.58. The Morgan fingerprint density at radius 2 is 1.63 bits per heavy atom. The van der Waals surface area contributed by atoms with E-state index in [0.29, 0.717) is 5.92 Å². The van der Waals surface area contributed by atoms with E-state index in [1.807, 2.05) is 0 Å². The van der Waals surface area contributed by atoms with Gasteiger partial charge in [0.1, 0.15) is 0 Å². The number of benzene rings is 1. The number of carbonyl (C=O) groups excluding carboxylic acids is 2. The minimum absolute atomic E-state index is 0.0549. The fourth-order valence-corrected chi connectivity index (χ4v) is 4.40. The number of hydrogen-bond donors (Lipinski definition) is 1. The first kappa shape index (κ1) is 19.9. The second-order valence-corrected chi connectivity index (χ2v) is 8.02. The highest BCUT2D eigenvalue weighted by Gasteiger charge is 2.28. The Morgan fingerprint density at radius 3 is 2.22 bits per heavy atom. The van der Waals surface area contributed by atoms with Crippen LogP contribution in [-0.4, -0.2) is 36.2 Å². The van der Waals surface area contributed by atoms with Crippen LogP contribution >= 0.6 is 0 Å². The molecule has 148 valence electrons. The Bertz CT molecular complexity index is 679. The number of amides is 1. The van der Waals surface area contributed by atoms with E-state index in [1.54, 1.807) is 0 Å². The lowest BCUT2D eigenvalue weighted by Crippen LogP contribution is -2.37. The highest BCUT2D eigenvalue weighted by molar-refractivity contribution is 5.97. The molecule has 0 bridgehead atoms. The first-order chi connectivity index (χ1) is 12.9. The van der Waals surface area contributed by atoms with Gasteiger partial charge in [0.15, 0.2) is 17.4 Å². The summed E-state index contributed by atoms with van der Waals surface area (Å²) in [6.45, 7) is 2.73. The average Bonchev–Trinajstić information content (AvgIpc) is 2.68. The molecule has 4 nitrogen and oxygen atoms in total. The molecular formula is C21H28F2N2O2. The third-order valence-corrected chi connectivity index (χ3v) is 6.27. The molecule has 1 aromatic carbocycles. The van der Waals surface area contributed by atoms with Gasteiger partial charge in [0.25, 0.3) is 0 Å².